The Morgan fingerprint density at radius 1 is 1.27 bits per heavy atom. The molecule has 0 atom stereocenters. The van der Waals surface area contributed by atoms with Gasteiger partial charge in [0.15, 0.2) is 6.35 Å². The van der Waals surface area contributed by atoms with Crippen molar-refractivity contribution in [3.8, 4) is 0 Å². The number of methoxy groups -OCH3 is 1. The van der Waals surface area contributed by atoms with Gasteiger partial charge >= 0.3 is 0 Å². The van der Waals surface area contributed by atoms with Gasteiger partial charge in [-0.15, -0.1) is 0 Å². The summed E-state index contributed by atoms with van der Waals surface area (Å²) in [6.07, 6.45) is 0.891. The van der Waals surface area contributed by atoms with E-state index in [2.05, 4.69) is 32.1 Å². The predicted molar refractivity (Wildman–Crippen MR) is 52.2 cm³/mol. The molecule has 0 spiro atoms. The van der Waals surface area contributed by atoms with E-state index in [1.807, 2.05) is 0 Å². The van der Waals surface area contributed by atoms with E-state index in [0.717, 1.165) is 6.35 Å². The lowest BCUT2D eigenvalue weighted by Gasteiger charge is -2.08. The van der Waals surface area contributed by atoms with E-state index < -0.39 is 7.26 Å². The Balaban J connectivity index is 2.78. The highest BCUT2D eigenvalue weighted by atomic mass is 31.2. The van der Waals surface area contributed by atoms with E-state index in [1.165, 1.54) is 11.1 Å². The van der Waals surface area contributed by atoms with Gasteiger partial charge in [0.1, 0.15) is 0 Å². The zero-order valence-electron chi connectivity index (χ0n) is 7.72. The van der Waals surface area contributed by atoms with Crippen LogP contribution in [0.3, 0.4) is 0 Å². The quantitative estimate of drug-likeness (QED) is 0.580. The molecular formula is C9H16OP+. The van der Waals surface area contributed by atoms with E-state index in [-0.39, 0.29) is 0 Å². The lowest BCUT2D eigenvalue weighted by Crippen LogP contribution is -1.90. The van der Waals surface area contributed by atoms with Crippen molar-refractivity contribution < 1.29 is 4.74 Å². The number of hydrogen-bond donors (Lipinski definition) is 0. The second-order valence-corrected chi connectivity index (χ2v) is 6.86. The molecule has 0 unspecified atom stereocenters. The van der Waals surface area contributed by atoms with Crippen molar-refractivity contribution in [2.45, 2.75) is 13.8 Å². The van der Waals surface area contributed by atoms with Crippen molar-refractivity contribution >= 4 is 7.26 Å². The van der Waals surface area contributed by atoms with E-state index in [0.29, 0.717) is 0 Å². The third-order valence-corrected chi connectivity index (χ3v) is 4.78. The van der Waals surface area contributed by atoms with Crippen molar-refractivity contribution in [2.75, 3.05) is 20.1 Å². The predicted octanol–water partition coefficient (Wildman–Crippen LogP) is 3.06. The van der Waals surface area contributed by atoms with Crippen LogP contribution in [0.2, 0.25) is 0 Å². The first-order valence-corrected chi connectivity index (χ1v) is 6.36. The van der Waals surface area contributed by atoms with Crippen LogP contribution in [0.15, 0.2) is 22.8 Å². The number of ether oxygens (including phenoxy) is 1. The van der Waals surface area contributed by atoms with E-state index >= 15 is 0 Å². The molecule has 0 fully saturated rings. The van der Waals surface area contributed by atoms with Gasteiger partial charge in [0, 0.05) is 7.11 Å². The highest BCUT2D eigenvalue weighted by Crippen LogP contribution is 2.63. The molecule has 1 heterocycles. The SMILES string of the molecule is COC[P+]1(C)C=C(C)C(C)=C1. The van der Waals surface area contributed by atoms with Gasteiger partial charge < -0.3 is 4.74 Å². The maximum Gasteiger partial charge on any atom is 0.164 e. The van der Waals surface area contributed by atoms with Crippen molar-refractivity contribution in [3.63, 3.8) is 0 Å². The Kier molecular flexibility index (Phi) is 2.51. The smallest absolute Gasteiger partial charge is 0.164 e. The highest BCUT2D eigenvalue weighted by Gasteiger charge is 2.32. The van der Waals surface area contributed by atoms with Gasteiger partial charge in [-0.2, -0.15) is 0 Å². The molecule has 0 N–H and O–H groups in total. The molecule has 0 radical (unpaired) electrons. The summed E-state index contributed by atoms with van der Waals surface area (Å²) in [5, 5.41) is 0. The molecule has 0 bridgehead atoms. The Morgan fingerprint density at radius 3 is 2.09 bits per heavy atom. The van der Waals surface area contributed by atoms with E-state index in [4.69, 9.17) is 4.74 Å². The minimum absolute atomic E-state index is 0.891. The summed E-state index contributed by atoms with van der Waals surface area (Å²) in [7, 11) is 0.795. The van der Waals surface area contributed by atoms with Crippen LogP contribution in [0.4, 0.5) is 0 Å². The van der Waals surface area contributed by atoms with Crippen LogP contribution in [0.5, 0.6) is 0 Å². The maximum absolute atomic E-state index is 5.19. The summed E-state index contributed by atoms with van der Waals surface area (Å²) in [6, 6.07) is 0. The number of hydrogen-bond acceptors (Lipinski definition) is 1. The molecule has 1 aliphatic rings. The van der Waals surface area contributed by atoms with Gasteiger partial charge in [0.2, 0.25) is 0 Å². The third kappa shape index (κ3) is 1.91. The molecule has 0 aromatic carbocycles. The molecule has 1 nitrogen and oxygen atoms in total. The molecule has 0 aromatic rings. The standard InChI is InChI=1S/C9H16OP/c1-8-5-11(4,7-10-3)6-9(8)2/h5-6H,7H2,1-4H3/q+1. The molecule has 0 saturated heterocycles. The molecule has 11 heavy (non-hydrogen) atoms. The van der Waals surface area contributed by atoms with Crippen molar-refractivity contribution in [1.82, 2.24) is 0 Å². The second-order valence-electron chi connectivity index (χ2n) is 3.39. The largest absolute Gasteiger partial charge is 0.349 e. The van der Waals surface area contributed by atoms with Gasteiger partial charge in [0.05, 0.1) is 25.6 Å². The zero-order valence-corrected chi connectivity index (χ0v) is 8.61. The van der Waals surface area contributed by atoms with Crippen molar-refractivity contribution in [3.05, 3.63) is 22.8 Å². The van der Waals surface area contributed by atoms with Gasteiger partial charge in [-0.3, -0.25) is 0 Å². The van der Waals surface area contributed by atoms with Gasteiger partial charge in [-0.25, -0.2) is 0 Å². The second kappa shape index (κ2) is 3.08. The number of allylic oxidation sites excluding steroid dienone is 2. The minimum atomic E-state index is -0.979. The highest BCUT2D eigenvalue weighted by molar-refractivity contribution is 7.81. The molecule has 0 amide bonds. The van der Waals surface area contributed by atoms with Gasteiger partial charge in [0.25, 0.3) is 0 Å². The monoisotopic (exact) mass is 171 g/mol. The molecule has 1 rings (SSSR count). The summed E-state index contributed by atoms with van der Waals surface area (Å²) >= 11 is 0. The lowest BCUT2D eigenvalue weighted by molar-refractivity contribution is 0.254. The fraction of sp³-hybridized carbons (Fsp3) is 0.556. The Hall–Kier alpha value is -0.130. The Bertz CT molecular complexity index is 198. The normalized spacial score (nSPS) is 21.5. The average Bonchev–Trinajstić information content (AvgIpc) is 2.08. The average molecular weight is 171 g/mol. The van der Waals surface area contributed by atoms with Crippen LogP contribution in [0.25, 0.3) is 0 Å². The molecule has 0 aliphatic carbocycles. The van der Waals surface area contributed by atoms with Gasteiger partial charge in [-0.05, 0) is 25.0 Å². The van der Waals surface area contributed by atoms with Crippen LogP contribution in [0.1, 0.15) is 13.8 Å². The summed E-state index contributed by atoms with van der Waals surface area (Å²) in [4.78, 5) is 0. The van der Waals surface area contributed by atoms with E-state index in [1.54, 1.807) is 7.11 Å². The fourth-order valence-corrected chi connectivity index (χ4v) is 4.44. The minimum Gasteiger partial charge on any atom is -0.349 e. The topological polar surface area (TPSA) is 9.23 Å². The van der Waals surface area contributed by atoms with Crippen LogP contribution >= 0.6 is 7.26 Å². The molecule has 1 aliphatic heterocycles. The third-order valence-electron chi connectivity index (χ3n) is 2.01. The van der Waals surface area contributed by atoms with E-state index in [9.17, 15) is 0 Å². The summed E-state index contributed by atoms with van der Waals surface area (Å²) in [5.74, 6) is 4.76. The van der Waals surface area contributed by atoms with Gasteiger partial charge in [-0.1, -0.05) is 0 Å². The lowest BCUT2D eigenvalue weighted by atomic mass is 10.2. The summed E-state index contributed by atoms with van der Waals surface area (Å²) in [6.45, 7) is 6.65. The maximum atomic E-state index is 5.19. The molecule has 62 valence electrons. The summed E-state index contributed by atoms with van der Waals surface area (Å²) in [5.41, 5.74) is 2.86. The van der Waals surface area contributed by atoms with Crippen molar-refractivity contribution in [1.29, 1.82) is 0 Å². The molecular weight excluding hydrogens is 155 g/mol. The fourth-order valence-electron chi connectivity index (χ4n) is 1.48. The molecule has 0 aromatic heterocycles. The first kappa shape index (κ1) is 8.96. The molecule has 2 heteroatoms. The van der Waals surface area contributed by atoms with Crippen LogP contribution in [-0.2, 0) is 4.74 Å². The van der Waals surface area contributed by atoms with Crippen LogP contribution in [-0.4, -0.2) is 20.1 Å². The Labute approximate surface area is 69.5 Å². The molecule has 0 saturated carbocycles. The first-order valence-electron chi connectivity index (χ1n) is 3.80. The van der Waals surface area contributed by atoms with Crippen molar-refractivity contribution in [2.24, 2.45) is 0 Å². The first-order chi connectivity index (χ1) is 5.07. The summed E-state index contributed by atoms with van der Waals surface area (Å²) < 4.78 is 5.19. The zero-order chi connectivity index (χ0) is 8.48. The Morgan fingerprint density at radius 2 is 1.73 bits per heavy atom. The van der Waals surface area contributed by atoms with Crippen LogP contribution in [0, 0.1) is 0 Å². The number of rotatable bonds is 2. The van der Waals surface area contributed by atoms with Crippen LogP contribution < -0.4 is 0 Å².